The van der Waals surface area contributed by atoms with E-state index in [9.17, 15) is 9.90 Å². The summed E-state index contributed by atoms with van der Waals surface area (Å²) in [6.07, 6.45) is 2.53. The van der Waals surface area contributed by atoms with Gasteiger partial charge >= 0.3 is 0 Å². The van der Waals surface area contributed by atoms with Gasteiger partial charge in [0, 0.05) is 31.4 Å². The van der Waals surface area contributed by atoms with Crippen LogP contribution in [0.15, 0.2) is 5.51 Å². The van der Waals surface area contributed by atoms with E-state index in [0.29, 0.717) is 6.42 Å². The Kier molecular flexibility index (Phi) is 4.97. The van der Waals surface area contributed by atoms with Gasteiger partial charge in [0.25, 0.3) is 0 Å². The minimum atomic E-state index is -1.01. The van der Waals surface area contributed by atoms with E-state index in [1.54, 1.807) is 18.3 Å². The van der Waals surface area contributed by atoms with Crippen LogP contribution in [-0.4, -0.2) is 57.8 Å². The van der Waals surface area contributed by atoms with Crippen LogP contribution in [0, 0.1) is 6.92 Å². The summed E-state index contributed by atoms with van der Waals surface area (Å²) in [4.78, 5) is 19.5. The molecule has 24 heavy (non-hydrogen) atoms. The molecule has 0 aliphatic carbocycles. The fraction of sp³-hybridized carbons (Fsp3) is 0.765. The summed E-state index contributed by atoms with van der Waals surface area (Å²) in [5.41, 5.74) is 1.79. The first-order chi connectivity index (χ1) is 11.3. The first kappa shape index (κ1) is 17.8. The van der Waals surface area contributed by atoms with Gasteiger partial charge in [0.05, 0.1) is 29.5 Å². The number of nitrogens with zero attached hydrogens (tertiary/aromatic N) is 2. The van der Waals surface area contributed by atoms with E-state index in [4.69, 9.17) is 4.74 Å². The third kappa shape index (κ3) is 3.79. The van der Waals surface area contributed by atoms with Crippen molar-refractivity contribution in [1.82, 2.24) is 15.2 Å². The molecule has 134 valence electrons. The molecule has 0 saturated carbocycles. The highest BCUT2D eigenvalue weighted by molar-refractivity contribution is 7.09. The lowest BCUT2D eigenvalue weighted by Gasteiger charge is -2.50. The molecule has 2 aliphatic heterocycles. The van der Waals surface area contributed by atoms with E-state index in [1.807, 2.05) is 5.51 Å². The molecule has 0 bridgehead atoms. The number of likely N-dealkylation sites (tertiary alicyclic amines) is 1. The van der Waals surface area contributed by atoms with Crippen LogP contribution in [0.5, 0.6) is 0 Å². The molecule has 1 aromatic heterocycles. The van der Waals surface area contributed by atoms with Crippen molar-refractivity contribution in [2.45, 2.75) is 63.8 Å². The normalized spacial score (nSPS) is 30.4. The highest BCUT2D eigenvalue weighted by atomic mass is 32.1. The molecule has 0 radical (unpaired) electrons. The molecule has 7 heteroatoms. The number of thiazole rings is 1. The Labute approximate surface area is 147 Å². The third-order valence-electron chi connectivity index (χ3n) is 5.35. The summed E-state index contributed by atoms with van der Waals surface area (Å²) in [5, 5.41) is 13.4. The van der Waals surface area contributed by atoms with Gasteiger partial charge in [0.2, 0.25) is 5.91 Å². The van der Waals surface area contributed by atoms with Crippen LogP contribution in [0.25, 0.3) is 0 Å². The highest BCUT2D eigenvalue weighted by Crippen LogP contribution is 2.38. The van der Waals surface area contributed by atoms with Gasteiger partial charge in [-0.05, 0) is 33.1 Å². The smallest absolute Gasteiger partial charge is 0.217 e. The topological polar surface area (TPSA) is 74.7 Å². The minimum absolute atomic E-state index is 0.101. The molecule has 3 heterocycles. The molecule has 1 aromatic rings. The van der Waals surface area contributed by atoms with Crippen LogP contribution >= 0.6 is 11.3 Å². The summed E-state index contributed by atoms with van der Waals surface area (Å²) < 4.78 is 6.10. The van der Waals surface area contributed by atoms with E-state index >= 15 is 0 Å². The summed E-state index contributed by atoms with van der Waals surface area (Å²) in [6.45, 7) is 8.44. The molecule has 6 nitrogen and oxygen atoms in total. The fourth-order valence-corrected chi connectivity index (χ4v) is 4.47. The summed E-state index contributed by atoms with van der Waals surface area (Å²) >= 11 is 1.71. The Morgan fingerprint density at radius 3 is 2.83 bits per heavy atom. The van der Waals surface area contributed by atoms with Crippen molar-refractivity contribution in [1.29, 1.82) is 0 Å². The third-order valence-corrected chi connectivity index (χ3v) is 6.27. The zero-order chi connectivity index (χ0) is 17.4. The van der Waals surface area contributed by atoms with Crippen LogP contribution in [-0.2, 0) is 16.1 Å². The lowest BCUT2D eigenvalue weighted by molar-refractivity contribution is -0.193. The molecule has 2 aliphatic rings. The predicted octanol–water partition coefficient (Wildman–Crippen LogP) is 1.46. The largest absolute Gasteiger partial charge is 0.386 e. The maximum atomic E-state index is 11.5. The zero-order valence-corrected chi connectivity index (χ0v) is 15.5. The van der Waals surface area contributed by atoms with Gasteiger partial charge in [-0.15, -0.1) is 11.3 Å². The van der Waals surface area contributed by atoms with Gasteiger partial charge in [0.15, 0.2) is 0 Å². The number of ether oxygens (including phenoxy) is 1. The average Bonchev–Trinajstić information content (AvgIpc) is 2.91. The van der Waals surface area contributed by atoms with Gasteiger partial charge in [-0.3, -0.25) is 9.69 Å². The van der Waals surface area contributed by atoms with Crippen molar-refractivity contribution in [3.05, 3.63) is 16.1 Å². The summed E-state index contributed by atoms with van der Waals surface area (Å²) in [5.74, 6) is -0.101. The first-order valence-electron chi connectivity index (χ1n) is 8.54. The number of piperidine rings is 1. The van der Waals surface area contributed by atoms with Crippen LogP contribution < -0.4 is 5.32 Å². The standard InChI is InChI=1S/C17H27N3O3S/c1-12-14(24-11-18-12)9-20-6-4-17(5-7-20)8-15(19-13(2)21)16(3,22)10-23-17/h11,15,22H,4-10H2,1-3H3,(H,19,21)/t15-,16-/m0/s1. The summed E-state index contributed by atoms with van der Waals surface area (Å²) in [7, 11) is 0. The van der Waals surface area contributed by atoms with E-state index in [2.05, 4.69) is 22.1 Å². The van der Waals surface area contributed by atoms with Gasteiger partial charge in [0.1, 0.15) is 5.60 Å². The number of nitrogens with one attached hydrogen (secondary N) is 1. The van der Waals surface area contributed by atoms with Gasteiger partial charge in [-0.1, -0.05) is 0 Å². The van der Waals surface area contributed by atoms with E-state index in [1.165, 1.54) is 11.8 Å². The number of hydrogen-bond donors (Lipinski definition) is 2. The fourth-order valence-electron chi connectivity index (χ4n) is 3.65. The molecular formula is C17H27N3O3S. The summed E-state index contributed by atoms with van der Waals surface area (Å²) in [6, 6.07) is -0.251. The SMILES string of the molecule is CC(=O)N[C@H]1CC2(CCN(Cc3scnc3C)CC2)OC[C@]1(C)O. The highest BCUT2D eigenvalue weighted by Gasteiger charge is 2.48. The van der Waals surface area contributed by atoms with Crippen molar-refractivity contribution in [2.24, 2.45) is 0 Å². The second-order valence-corrected chi connectivity index (χ2v) is 8.36. The first-order valence-corrected chi connectivity index (χ1v) is 9.42. The number of carbonyl (C=O) groups excluding carboxylic acids is 1. The molecule has 2 atom stereocenters. The number of aromatic nitrogens is 1. The Morgan fingerprint density at radius 2 is 2.25 bits per heavy atom. The molecule has 0 aromatic carbocycles. The number of hydrogen-bond acceptors (Lipinski definition) is 6. The Hall–Kier alpha value is -1.02. The molecule has 2 saturated heterocycles. The predicted molar refractivity (Wildman–Crippen MR) is 92.9 cm³/mol. The van der Waals surface area contributed by atoms with Gasteiger partial charge in [-0.2, -0.15) is 0 Å². The van der Waals surface area contributed by atoms with E-state index in [-0.39, 0.29) is 24.2 Å². The van der Waals surface area contributed by atoms with Crippen LogP contribution in [0.3, 0.4) is 0 Å². The second kappa shape index (κ2) is 6.71. The van der Waals surface area contributed by atoms with Gasteiger partial charge < -0.3 is 15.2 Å². The minimum Gasteiger partial charge on any atom is -0.386 e. The average molecular weight is 353 g/mol. The lowest BCUT2D eigenvalue weighted by atomic mass is 9.77. The maximum absolute atomic E-state index is 11.5. The maximum Gasteiger partial charge on any atom is 0.217 e. The van der Waals surface area contributed by atoms with Crippen LogP contribution in [0.1, 0.15) is 43.7 Å². The van der Waals surface area contributed by atoms with Crippen molar-refractivity contribution in [3.63, 3.8) is 0 Å². The number of rotatable bonds is 3. The number of aliphatic hydroxyl groups is 1. The van der Waals surface area contributed by atoms with E-state index in [0.717, 1.165) is 38.2 Å². The quantitative estimate of drug-likeness (QED) is 0.861. The number of amides is 1. The zero-order valence-electron chi connectivity index (χ0n) is 14.7. The molecule has 2 fully saturated rings. The molecule has 1 amide bonds. The van der Waals surface area contributed by atoms with Crippen molar-refractivity contribution < 1.29 is 14.6 Å². The molecule has 1 spiro atoms. The Morgan fingerprint density at radius 1 is 1.54 bits per heavy atom. The van der Waals surface area contributed by atoms with Crippen molar-refractivity contribution >= 4 is 17.2 Å². The van der Waals surface area contributed by atoms with Crippen molar-refractivity contribution in [2.75, 3.05) is 19.7 Å². The molecule has 0 unspecified atom stereocenters. The second-order valence-electron chi connectivity index (χ2n) is 7.42. The monoisotopic (exact) mass is 353 g/mol. The lowest BCUT2D eigenvalue weighted by Crippen LogP contribution is -2.63. The number of carbonyl (C=O) groups is 1. The van der Waals surface area contributed by atoms with Crippen LogP contribution in [0.4, 0.5) is 0 Å². The Bertz CT molecular complexity index is 594. The van der Waals surface area contributed by atoms with E-state index < -0.39 is 5.60 Å². The van der Waals surface area contributed by atoms with Gasteiger partial charge in [-0.25, -0.2) is 4.98 Å². The number of aryl methyl sites for hydroxylation is 1. The van der Waals surface area contributed by atoms with Crippen molar-refractivity contribution in [3.8, 4) is 0 Å². The van der Waals surface area contributed by atoms with Crippen LogP contribution in [0.2, 0.25) is 0 Å². The Balaban J connectivity index is 1.60. The molecule has 3 rings (SSSR count). The molecular weight excluding hydrogens is 326 g/mol. The molecule has 2 N–H and O–H groups in total.